The van der Waals surface area contributed by atoms with Crippen molar-refractivity contribution < 1.29 is 0 Å². The van der Waals surface area contributed by atoms with Gasteiger partial charge >= 0.3 is 0 Å². The first-order valence-electron chi connectivity index (χ1n) is 5.43. The van der Waals surface area contributed by atoms with Crippen molar-refractivity contribution in [1.29, 1.82) is 0 Å². The van der Waals surface area contributed by atoms with Gasteiger partial charge in [-0.15, -0.1) is 0 Å². The van der Waals surface area contributed by atoms with Crippen LogP contribution >= 0.6 is 0 Å². The van der Waals surface area contributed by atoms with Gasteiger partial charge in [-0.3, -0.25) is 0 Å². The number of benzene rings is 1. The van der Waals surface area contributed by atoms with Crippen LogP contribution in [0.25, 0.3) is 11.3 Å². The van der Waals surface area contributed by atoms with E-state index in [4.69, 9.17) is 5.73 Å². The maximum absolute atomic E-state index is 5.43. The molecule has 1 heterocycles. The van der Waals surface area contributed by atoms with E-state index in [0.717, 1.165) is 36.5 Å². The first kappa shape index (κ1) is 10.7. The van der Waals surface area contributed by atoms with Crippen molar-refractivity contribution in [3.63, 3.8) is 0 Å². The highest BCUT2D eigenvalue weighted by molar-refractivity contribution is 5.61. The van der Waals surface area contributed by atoms with Crippen LogP contribution in [0.2, 0.25) is 0 Å². The number of nitrogens with one attached hydrogen (secondary N) is 2. The summed E-state index contributed by atoms with van der Waals surface area (Å²) < 4.78 is 0. The number of anilines is 1. The summed E-state index contributed by atoms with van der Waals surface area (Å²) in [6.45, 7) is 1.64. The van der Waals surface area contributed by atoms with Crippen molar-refractivity contribution in [2.24, 2.45) is 5.73 Å². The molecule has 16 heavy (non-hydrogen) atoms. The van der Waals surface area contributed by atoms with Crippen LogP contribution in [0, 0.1) is 0 Å². The second kappa shape index (κ2) is 5.32. The van der Waals surface area contributed by atoms with Gasteiger partial charge in [0.1, 0.15) is 0 Å². The molecule has 4 heteroatoms. The van der Waals surface area contributed by atoms with E-state index in [1.54, 1.807) is 6.33 Å². The second-order valence-electron chi connectivity index (χ2n) is 3.61. The minimum atomic E-state index is 0.721. The molecular weight excluding hydrogens is 200 g/mol. The highest BCUT2D eigenvalue weighted by Crippen LogP contribution is 2.18. The molecule has 0 radical (unpaired) electrons. The van der Waals surface area contributed by atoms with E-state index in [2.05, 4.69) is 39.6 Å². The molecule has 1 aromatic heterocycles. The first-order valence-corrected chi connectivity index (χ1v) is 5.43. The molecule has 0 atom stereocenters. The van der Waals surface area contributed by atoms with E-state index >= 15 is 0 Å². The molecule has 0 saturated carbocycles. The van der Waals surface area contributed by atoms with Gasteiger partial charge in [-0.2, -0.15) is 0 Å². The standard InChI is InChI=1S/C12H16N4/c13-6-1-7-15-11-4-2-10(3-5-11)12-8-14-9-16-12/h2-5,8-9,15H,1,6-7,13H2,(H,14,16). The van der Waals surface area contributed by atoms with Crippen LogP contribution in [0.15, 0.2) is 36.8 Å². The van der Waals surface area contributed by atoms with E-state index in [1.807, 2.05) is 6.20 Å². The Morgan fingerprint density at radius 2 is 2.06 bits per heavy atom. The van der Waals surface area contributed by atoms with E-state index in [1.165, 1.54) is 0 Å². The lowest BCUT2D eigenvalue weighted by molar-refractivity contribution is 0.874. The third kappa shape index (κ3) is 2.61. The molecule has 0 spiro atoms. The Bertz CT molecular complexity index is 405. The molecule has 1 aromatic carbocycles. The van der Waals surface area contributed by atoms with Gasteiger partial charge in [0.15, 0.2) is 0 Å². The van der Waals surface area contributed by atoms with Gasteiger partial charge in [0.2, 0.25) is 0 Å². The molecule has 0 aliphatic rings. The Balaban J connectivity index is 2.00. The molecule has 0 saturated heterocycles. The first-order chi connectivity index (χ1) is 7.90. The Kier molecular flexibility index (Phi) is 3.56. The summed E-state index contributed by atoms with van der Waals surface area (Å²) in [6, 6.07) is 8.26. The number of hydrogen-bond donors (Lipinski definition) is 3. The fourth-order valence-electron chi connectivity index (χ4n) is 1.52. The number of rotatable bonds is 5. The van der Waals surface area contributed by atoms with Crippen LogP contribution in [0.3, 0.4) is 0 Å². The third-order valence-corrected chi connectivity index (χ3v) is 2.40. The maximum Gasteiger partial charge on any atom is 0.0924 e. The third-order valence-electron chi connectivity index (χ3n) is 2.40. The highest BCUT2D eigenvalue weighted by atomic mass is 14.9. The van der Waals surface area contributed by atoms with Crippen molar-refractivity contribution in [3.8, 4) is 11.3 Å². The summed E-state index contributed by atoms with van der Waals surface area (Å²) in [5.41, 5.74) is 8.73. The zero-order valence-corrected chi connectivity index (χ0v) is 9.11. The Morgan fingerprint density at radius 1 is 1.25 bits per heavy atom. The zero-order chi connectivity index (χ0) is 11.2. The Labute approximate surface area is 94.9 Å². The quantitative estimate of drug-likeness (QED) is 0.668. The number of nitrogens with two attached hydrogens (primary N) is 1. The summed E-state index contributed by atoms with van der Waals surface area (Å²) in [4.78, 5) is 7.07. The van der Waals surface area contributed by atoms with E-state index in [-0.39, 0.29) is 0 Å². The molecule has 2 rings (SSSR count). The molecule has 0 amide bonds. The molecule has 0 unspecified atom stereocenters. The van der Waals surface area contributed by atoms with Crippen LogP contribution in [0.1, 0.15) is 6.42 Å². The van der Waals surface area contributed by atoms with E-state index < -0.39 is 0 Å². The summed E-state index contributed by atoms with van der Waals surface area (Å²) in [7, 11) is 0. The van der Waals surface area contributed by atoms with Gasteiger partial charge in [0.05, 0.1) is 18.2 Å². The summed E-state index contributed by atoms with van der Waals surface area (Å²) in [5.74, 6) is 0. The van der Waals surface area contributed by atoms with Crippen molar-refractivity contribution in [1.82, 2.24) is 9.97 Å². The normalized spacial score (nSPS) is 10.3. The van der Waals surface area contributed by atoms with Gasteiger partial charge in [-0.25, -0.2) is 4.98 Å². The number of imidazole rings is 1. The fourth-order valence-corrected chi connectivity index (χ4v) is 1.52. The lowest BCUT2D eigenvalue weighted by Gasteiger charge is -2.05. The average molecular weight is 216 g/mol. The molecule has 0 fully saturated rings. The van der Waals surface area contributed by atoms with E-state index in [9.17, 15) is 0 Å². The van der Waals surface area contributed by atoms with Gasteiger partial charge in [0.25, 0.3) is 0 Å². The Hall–Kier alpha value is -1.81. The molecule has 0 aliphatic heterocycles. The molecule has 0 aliphatic carbocycles. The topological polar surface area (TPSA) is 66.7 Å². The van der Waals surface area contributed by atoms with Crippen LogP contribution < -0.4 is 11.1 Å². The lowest BCUT2D eigenvalue weighted by Crippen LogP contribution is -2.08. The summed E-state index contributed by atoms with van der Waals surface area (Å²) in [5, 5.41) is 3.31. The minimum Gasteiger partial charge on any atom is -0.385 e. The highest BCUT2D eigenvalue weighted by Gasteiger charge is 1.98. The molecule has 84 valence electrons. The van der Waals surface area contributed by atoms with Crippen molar-refractivity contribution in [2.75, 3.05) is 18.4 Å². The molecule has 4 nitrogen and oxygen atoms in total. The number of aromatic nitrogens is 2. The molecule has 0 bridgehead atoms. The molecule has 2 aromatic rings. The smallest absolute Gasteiger partial charge is 0.0924 e. The lowest BCUT2D eigenvalue weighted by atomic mass is 10.1. The number of hydrogen-bond acceptors (Lipinski definition) is 3. The minimum absolute atomic E-state index is 0.721. The van der Waals surface area contributed by atoms with Crippen LogP contribution in [-0.2, 0) is 0 Å². The van der Waals surface area contributed by atoms with Gasteiger partial charge in [0, 0.05) is 12.2 Å². The van der Waals surface area contributed by atoms with Crippen LogP contribution in [0.4, 0.5) is 5.69 Å². The summed E-state index contributed by atoms with van der Waals surface area (Å²) >= 11 is 0. The predicted octanol–water partition coefficient (Wildman–Crippen LogP) is 1.84. The van der Waals surface area contributed by atoms with Crippen molar-refractivity contribution in [2.45, 2.75) is 6.42 Å². The monoisotopic (exact) mass is 216 g/mol. The van der Waals surface area contributed by atoms with Crippen LogP contribution in [0.5, 0.6) is 0 Å². The van der Waals surface area contributed by atoms with Crippen molar-refractivity contribution >= 4 is 5.69 Å². The largest absolute Gasteiger partial charge is 0.385 e. The molecular formula is C12H16N4. The van der Waals surface area contributed by atoms with E-state index in [0.29, 0.717) is 0 Å². The second-order valence-corrected chi connectivity index (χ2v) is 3.61. The van der Waals surface area contributed by atoms with Gasteiger partial charge in [-0.05, 0) is 30.7 Å². The SMILES string of the molecule is NCCCNc1ccc(-c2cnc[nH]2)cc1. The number of aromatic amines is 1. The zero-order valence-electron chi connectivity index (χ0n) is 9.11. The number of H-pyrrole nitrogens is 1. The van der Waals surface area contributed by atoms with Gasteiger partial charge in [-0.1, -0.05) is 12.1 Å². The Morgan fingerprint density at radius 3 is 2.69 bits per heavy atom. The maximum atomic E-state index is 5.43. The fraction of sp³-hybridized carbons (Fsp3) is 0.250. The van der Waals surface area contributed by atoms with Gasteiger partial charge < -0.3 is 16.0 Å². The summed E-state index contributed by atoms with van der Waals surface area (Å²) in [6.07, 6.45) is 4.49. The average Bonchev–Trinajstić information content (AvgIpc) is 2.84. The molecule has 4 N–H and O–H groups in total. The van der Waals surface area contributed by atoms with Crippen LogP contribution in [-0.4, -0.2) is 23.1 Å². The van der Waals surface area contributed by atoms with Crippen molar-refractivity contribution in [3.05, 3.63) is 36.8 Å². The predicted molar refractivity (Wildman–Crippen MR) is 66.2 cm³/mol. The number of nitrogens with zero attached hydrogens (tertiary/aromatic N) is 1.